The molecule has 0 saturated heterocycles. The minimum atomic E-state index is 0.0243. The number of amides is 1. The second-order valence-corrected chi connectivity index (χ2v) is 5.37. The van der Waals surface area contributed by atoms with Crippen LogP contribution in [0.4, 0.5) is 0 Å². The highest BCUT2D eigenvalue weighted by atomic mass is 79.9. The van der Waals surface area contributed by atoms with Crippen LogP contribution in [-0.2, 0) is 17.9 Å². The molecule has 0 aliphatic heterocycles. The number of imidazole rings is 1. The molecule has 5 heteroatoms. The Morgan fingerprint density at radius 1 is 1.47 bits per heavy atom. The third-order valence-electron chi connectivity index (χ3n) is 2.83. The molecule has 1 aromatic carbocycles. The summed E-state index contributed by atoms with van der Waals surface area (Å²) < 4.78 is 2.93. The Morgan fingerprint density at radius 3 is 2.89 bits per heavy atom. The van der Waals surface area contributed by atoms with Crippen molar-refractivity contribution < 1.29 is 4.79 Å². The normalized spacial score (nSPS) is 10.6. The van der Waals surface area contributed by atoms with E-state index in [4.69, 9.17) is 0 Å². The van der Waals surface area contributed by atoms with E-state index < -0.39 is 0 Å². The van der Waals surface area contributed by atoms with E-state index >= 15 is 0 Å². The van der Waals surface area contributed by atoms with E-state index in [-0.39, 0.29) is 5.91 Å². The maximum absolute atomic E-state index is 11.4. The van der Waals surface area contributed by atoms with Gasteiger partial charge in [-0.25, -0.2) is 4.98 Å². The zero-order chi connectivity index (χ0) is 13.8. The topological polar surface area (TPSA) is 46.9 Å². The van der Waals surface area contributed by atoms with Crippen LogP contribution in [0.25, 0.3) is 11.0 Å². The molecule has 0 spiro atoms. The number of hydrogen-bond donors (Lipinski definition) is 1. The Morgan fingerprint density at radius 2 is 2.21 bits per heavy atom. The van der Waals surface area contributed by atoms with E-state index in [0.29, 0.717) is 19.5 Å². The molecule has 0 bridgehead atoms. The van der Waals surface area contributed by atoms with Gasteiger partial charge in [0, 0.05) is 10.9 Å². The van der Waals surface area contributed by atoms with Crippen LogP contribution in [0.1, 0.15) is 19.2 Å². The molecule has 0 atom stereocenters. The fourth-order valence-corrected chi connectivity index (χ4v) is 2.16. The zero-order valence-electron chi connectivity index (χ0n) is 10.8. The number of fused-ring (bicyclic) bond motifs is 1. The number of carbonyl (C=O) groups excluding carboxylic acids is 1. The van der Waals surface area contributed by atoms with Crippen LogP contribution in [-0.4, -0.2) is 15.5 Å². The van der Waals surface area contributed by atoms with Crippen molar-refractivity contribution in [3.05, 3.63) is 41.2 Å². The molecule has 19 heavy (non-hydrogen) atoms. The molecule has 2 rings (SSSR count). The lowest BCUT2D eigenvalue weighted by Crippen LogP contribution is -2.23. The average molecular weight is 322 g/mol. The molecule has 100 valence electrons. The van der Waals surface area contributed by atoms with E-state index in [1.165, 1.54) is 0 Å². The van der Waals surface area contributed by atoms with Gasteiger partial charge in [0.15, 0.2) is 0 Å². The van der Waals surface area contributed by atoms with Crippen molar-refractivity contribution in [3.8, 4) is 0 Å². The predicted molar refractivity (Wildman–Crippen MR) is 79.9 cm³/mol. The Bertz CT molecular complexity index is 618. The summed E-state index contributed by atoms with van der Waals surface area (Å²) in [5, 5.41) is 2.86. The molecule has 0 saturated carbocycles. The maximum Gasteiger partial charge on any atom is 0.220 e. The summed E-state index contributed by atoms with van der Waals surface area (Å²) in [5.74, 6) is 0.861. The van der Waals surface area contributed by atoms with Gasteiger partial charge in [0.25, 0.3) is 0 Å². The highest BCUT2D eigenvalue weighted by Crippen LogP contribution is 2.18. The minimum absolute atomic E-state index is 0.0243. The fraction of sp³-hybridized carbons (Fsp3) is 0.286. The van der Waals surface area contributed by atoms with Gasteiger partial charge in [0.05, 0.1) is 24.1 Å². The largest absolute Gasteiger partial charge is 0.349 e. The van der Waals surface area contributed by atoms with E-state index in [1.807, 2.05) is 31.2 Å². The number of halogens is 1. The number of aromatic nitrogens is 2. The van der Waals surface area contributed by atoms with Gasteiger partial charge < -0.3 is 9.88 Å². The van der Waals surface area contributed by atoms with Gasteiger partial charge in [0.2, 0.25) is 5.91 Å². The van der Waals surface area contributed by atoms with Gasteiger partial charge in [-0.1, -0.05) is 41.6 Å². The molecule has 1 aromatic heterocycles. The molecular formula is C14H16BrN3O. The molecule has 0 aliphatic rings. The molecule has 0 radical (unpaired) electrons. The quantitative estimate of drug-likeness (QED) is 0.920. The van der Waals surface area contributed by atoms with Gasteiger partial charge in [-0.15, -0.1) is 0 Å². The van der Waals surface area contributed by atoms with E-state index in [1.54, 1.807) is 0 Å². The molecule has 1 amide bonds. The van der Waals surface area contributed by atoms with Gasteiger partial charge in [-0.05, 0) is 12.1 Å². The van der Waals surface area contributed by atoms with Gasteiger partial charge in [0.1, 0.15) is 5.82 Å². The van der Waals surface area contributed by atoms with Gasteiger partial charge in [-0.3, -0.25) is 4.79 Å². The summed E-state index contributed by atoms with van der Waals surface area (Å²) in [6.07, 6.45) is 0.478. The summed E-state index contributed by atoms with van der Waals surface area (Å²) in [5.41, 5.74) is 1.97. The Kier molecular flexibility index (Phi) is 4.37. The summed E-state index contributed by atoms with van der Waals surface area (Å²) >= 11 is 3.38. The van der Waals surface area contributed by atoms with Crippen LogP contribution in [0.5, 0.6) is 0 Å². The number of nitrogens with one attached hydrogen (secondary N) is 1. The minimum Gasteiger partial charge on any atom is -0.349 e. The Labute approximate surface area is 120 Å². The smallest absolute Gasteiger partial charge is 0.220 e. The van der Waals surface area contributed by atoms with Crippen LogP contribution in [0.2, 0.25) is 0 Å². The van der Waals surface area contributed by atoms with Crippen LogP contribution in [0.3, 0.4) is 0 Å². The number of nitrogens with zero attached hydrogens (tertiary/aromatic N) is 2. The predicted octanol–water partition coefficient (Wildman–Crippen LogP) is 2.97. The number of para-hydroxylation sites is 2. The van der Waals surface area contributed by atoms with Crippen LogP contribution >= 0.6 is 15.9 Å². The number of hydrogen-bond acceptors (Lipinski definition) is 2. The third kappa shape index (κ3) is 3.23. The number of benzene rings is 1. The number of allylic oxidation sites excluding steroid dienone is 1. The maximum atomic E-state index is 11.4. The molecule has 1 heterocycles. The standard InChI is InChI=1S/C14H16BrN3O/c1-3-14(19)16-8-13-17-11-6-4-5-7-12(11)18(13)9-10(2)15/h4-7H,2-3,8-9H2,1H3,(H,16,19). The SMILES string of the molecule is C=C(Br)Cn1c(CNC(=O)CC)nc2ccccc21. The van der Waals surface area contributed by atoms with Gasteiger partial charge >= 0.3 is 0 Å². The fourth-order valence-electron chi connectivity index (χ4n) is 1.91. The van der Waals surface area contributed by atoms with E-state index in [9.17, 15) is 4.79 Å². The molecule has 0 fully saturated rings. The van der Waals surface area contributed by atoms with Gasteiger partial charge in [-0.2, -0.15) is 0 Å². The lowest BCUT2D eigenvalue weighted by Gasteiger charge is -2.09. The van der Waals surface area contributed by atoms with Crippen LogP contribution in [0.15, 0.2) is 35.3 Å². The second-order valence-electron chi connectivity index (χ2n) is 4.25. The summed E-state index contributed by atoms with van der Waals surface area (Å²) in [6.45, 7) is 6.77. The van der Waals surface area contributed by atoms with Crippen molar-refractivity contribution in [1.82, 2.24) is 14.9 Å². The van der Waals surface area contributed by atoms with E-state index in [0.717, 1.165) is 21.3 Å². The van der Waals surface area contributed by atoms with Crippen LogP contribution < -0.4 is 5.32 Å². The lowest BCUT2D eigenvalue weighted by molar-refractivity contribution is -0.120. The van der Waals surface area contributed by atoms with Crippen molar-refractivity contribution >= 4 is 32.9 Å². The molecule has 1 N–H and O–H groups in total. The summed E-state index contributed by atoms with van der Waals surface area (Å²) in [7, 11) is 0. The number of carbonyl (C=O) groups is 1. The number of rotatable bonds is 5. The Hall–Kier alpha value is -1.62. The van der Waals surface area contributed by atoms with E-state index in [2.05, 4.69) is 37.4 Å². The van der Waals surface area contributed by atoms with Crippen LogP contribution in [0, 0.1) is 0 Å². The lowest BCUT2D eigenvalue weighted by atomic mass is 10.3. The Balaban J connectivity index is 2.35. The first-order valence-electron chi connectivity index (χ1n) is 6.16. The highest BCUT2D eigenvalue weighted by Gasteiger charge is 2.11. The van der Waals surface area contributed by atoms with Crippen molar-refractivity contribution in [3.63, 3.8) is 0 Å². The highest BCUT2D eigenvalue weighted by molar-refractivity contribution is 9.11. The van der Waals surface area contributed by atoms with Crippen molar-refractivity contribution in [1.29, 1.82) is 0 Å². The van der Waals surface area contributed by atoms with Crippen molar-refractivity contribution in [2.24, 2.45) is 0 Å². The first-order chi connectivity index (χ1) is 9.11. The zero-order valence-corrected chi connectivity index (χ0v) is 12.4. The molecular weight excluding hydrogens is 306 g/mol. The monoisotopic (exact) mass is 321 g/mol. The molecule has 0 unspecified atom stereocenters. The van der Waals surface area contributed by atoms with Crippen molar-refractivity contribution in [2.45, 2.75) is 26.4 Å². The molecule has 0 aliphatic carbocycles. The summed E-state index contributed by atoms with van der Waals surface area (Å²) in [4.78, 5) is 15.9. The second kappa shape index (κ2) is 6.02. The first kappa shape index (κ1) is 13.8. The molecule has 4 nitrogen and oxygen atoms in total. The first-order valence-corrected chi connectivity index (χ1v) is 6.95. The van der Waals surface area contributed by atoms with Crippen molar-refractivity contribution in [2.75, 3.05) is 0 Å². The average Bonchev–Trinajstić information content (AvgIpc) is 2.74. The third-order valence-corrected chi connectivity index (χ3v) is 3.08. The summed E-state index contributed by atoms with van der Waals surface area (Å²) in [6, 6.07) is 7.92. The molecule has 2 aromatic rings.